The van der Waals surface area contributed by atoms with Gasteiger partial charge >= 0.3 is 0 Å². The first-order chi connectivity index (χ1) is 14.8. The Hall–Kier alpha value is -2.91. The molecule has 0 aromatic heterocycles. The van der Waals surface area contributed by atoms with Crippen LogP contribution in [0.4, 0.5) is 0 Å². The summed E-state index contributed by atoms with van der Waals surface area (Å²) >= 11 is 0. The Balaban J connectivity index is 1.42. The number of aliphatic hydroxyl groups is 5. The van der Waals surface area contributed by atoms with Gasteiger partial charge in [-0.1, -0.05) is 30.3 Å². The lowest BCUT2D eigenvalue weighted by Crippen LogP contribution is -2.64. The summed E-state index contributed by atoms with van der Waals surface area (Å²) in [6, 6.07) is 11.2. The Morgan fingerprint density at radius 2 is 1.87 bits per heavy atom. The molecule has 2 aromatic carbocycles. The van der Waals surface area contributed by atoms with E-state index in [1.54, 1.807) is 6.07 Å². The van der Waals surface area contributed by atoms with Crippen molar-refractivity contribution in [3.8, 4) is 11.1 Å². The quantitative estimate of drug-likeness (QED) is 0.437. The van der Waals surface area contributed by atoms with Gasteiger partial charge in [0.05, 0.1) is 12.5 Å². The molecule has 8 nitrogen and oxygen atoms in total. The molecule has 1 amide bonds. The normalized spacial score (nSPS) is 29.9. The number of amides is 1. The molecule has 1 fully saturated rings. The zero-order valence-corrected chi connectivity index (χ0v) is 16.7. The van der Waals surface area contributed by atoms with Crippen LogP contribution in [0.1, 0.15) is 33.2 Å². The van der Waals surface area contributed by atoms with E-state index in [2.05, 4.69) is 5.32 Å². The average molecular weight is 425 g/mol. The van der Waals surface area contributed by atoms with E-state index in [0.29, 0.717) is 17.7 Å². The van der Waals surface area contributed by atoms with Crippen molar-refractivity contribution in [2.75, 3.05) is 6.61 Å². The molecule has 0 spiro atoms. The van der Waals surface area contributed by atoms with Crippen LogP contribution in [0.3, 0.4) is 0 Å². The fourth-order valence-corrected chi connectivity index (χ4v) is 4.93. The van der Waals surface area contributed by atoms with E-state index in [9.17, 15) is 30.3 Å². The molecule has 31 heavy (non-hydrogen) atoms. The Morgan fingerprint density at radius 1 is 1.16 bits per heavy atom. The first-order valence-corrected chi connectivity index (χ1v) is 10.1. The predicted molar refractivity (Wildman–Crippen MR) is 109 cm³/mol. The molecule has 3 unspecified atom stereocenters. The van der Waals surface area contributed by atoms with Crippen LogP contribution in [0.15, 0.2) is 47.9 Å². The molecule has 2 aliphatic heterocycles. The molecule has 0 radical (unpaired) electrons. The van der Waals surface area contributed by atoms with Crippen LogP contribution in [-0.2, 0) is 11.3 Å². The van der Waals surface area contributed by atoms with E-state index < -0.39 is 48.0 Å². The number of hydrogen-bond donors (Lipinski definition) is 6. The van der Waals surface area contributed by atoms with Gasteiger partial charge in [0.1, 0.15) is 29.6 Å². The smallest absolute Gasteiger partial charge is 0.251 e. The van der Waals surface area contributed by atoms with Gasteiger partial charge in [-0.3, -0.25) is 4.79 Å². The summed E-state index contributed by atoms with van der Waals surface area (Å²) in [7, 11) is 0. The number of fused-ring (bicyclic) bond motifs is 2. The minimum Gasteiger partial charge on any atom is -0.508 e. The number of carbonyl (C=O) groups is 1. The third kappa shape index (κ3) is 2.73. The molecule has 2 heterocycles. The van der Waals surface area contributed by atoms with Crippen molar-refractivity contribution < 1.29 is 35.1 Å². The van der Waals surface area contributed by atoms with Gasteiger partial charge in [0.15, 0.2) is 5.79 Å². The average Bonchev–Trinajstić information content (AvgIpc) is 3.17. The lowest BCUT2D eigenvalue weighted by molar-refractivity contribution is -0.388. The second-order valence-electron chi connectivity index (χ2n) is 8.39. The SMILES string of the molecule is Cc1cc(-c2ccc3c(c2)C(=O)NC3)ccc1[C@@H](O)[C@H]1OC2(O)C(CO)C(O)=C(O)C12. The van der Waals surface area contributed by atoms with E-state index in [-0.39, 0.29) is 5.91 Å². The maximum atomic E-state index is 11.9. The first kappa shape index (κ1) is 20.0. The monoisotopic (exact) mass is 425 g/mol. The number of rotatable bonds is 4. The molecular weight excluding hydrogens is 402 g/mol. The highest BCUT2D eigenvalue weighted by atomic mass is 16.7. The topological polar surface area (TPSA) is 139 Å². The molecule has 2 aromatic rings. The number of hydrogen-bond acceptors (Lipinski definition) is 7. The van der Waals surface area contributed by atoms with Gasteiger partial charge in [-0.15, -0.1) is 0 Å². The van der Waals surface area contributed by atoms with Crippen LogP contribution in [-0.4, -0.2) is 49.9 Å². The van der Waals surface area contributed by atoms with Crippen LogP contribution < -0.4 is 5.32 Å². The second kappa shape index (κ2) is 6.80. The highest BCUT2D eigenvalue weighted by Gasteiger charge is 2.68. The van der Waals surface area contributed by atoms with Crippen LogP contribution in [0.2, 0.25) is 0 Å². The fourth-order valence-electron chi connectivity index (χ4n) is 4.93. The molecule has 3 aliphatic rings. The molecule has 0 bridgehead atoms. The molecule has 6 N–H and O–H groups in total. The van der Waals surface area contributed by atoms with Crippen molar-refractivity contribution >= 4 is 5.91 Å². The van der Waals surface area contributed by atoms with E-state index in [0.717, 1.165) is 22.3 Å². The van der Waals surface area contributed by atoms with E-state index in [1.165, 1.54) is 0 Å². The lowest BCUT2D eigenvalue weighted by Gasteiger charge is -2.51. The summed E-state index contributed by atoms with van der Waals surface area (Å²) in [4.78, 5) is 11.9. The summed E-state index contributed by atoms with van der Waals surface area (Å²) in [5.41, 5.74) is 4.68. The zero-order chi connectivity index (χ0) is 22.1. The maximum Gasteiger partial charge on any atom is 0.251 e. The van der Waals surface area contributed by atoms with E-state index in [4.69, 9.17) is 4.74 Å². The van der Waals surface area contributed by atoms with Gasteiger partial charge in [-0.2, -0.15) is 0 Å². The number of benzene rings is 2. The third-order valence-electron chi connectivity index (χ3n) is 6.69. The summed E-state index contributed by atoms with van der Waals surface area (Å²) in [5, 5.41) is 53.9. The molecule has 162 valence electrons. The van der Waals surface area contributed by atoms with Gasteiger partial charge in [0.25, 0.3) is 5.91 Å². The molecule has 0 saturated carbocycles. The molecule has 1 aliphatic carbocycles. The van der Waals surface area contributed by atoms with Crippen molar-refractivity contribution in [2.24, 2.45) is 11.8 Å². The van der Waals surface area contributed by atoms with Crippen molar-refractivity contribution in [1.29, 1.82) is 0 Å². The van der Waals surface area contributed by atoms with Crippen LogP contribution in [0.25, 0.3) is 11.1 Å². The highest BCUT2D eigenvalue weighted by molar-refractivity contribution is 5.99. The number of aryl methyl sites for hydroxylation is 1. The Kier molecular flexibility index (Phi) is 4.39. The Bertz CT molecular complexity index is 1130. The summed E-state index contributed by atoms with van der Waals surface area (Å²) in [6.45, 7) is 1.76. The largest absolute Gasteiger partial charge is 0.508 e. The molecule has 5 rings (SSSR count). The number of aliphatic hydroxyl groups excluding tert-OH is 4. The number of nitrogens with one attached hydrogen (secondary N) is 1. The lowest BCUT2D eigenvalue weighted by atomic mass is 9.78. The molecule has 8 heteroatoms. The van der Waals surface area contributed by atoms with E-state index >= 15 is 0 Å². The van der Waals surface area contributed by atoms with Gasteiger partial charge in [-0.05, 0) is 40.8 Å². The molecule has 5 atom stereocenters. The first-order valence-electron chi connectivity index (χ1n) is 10.1. The fraction of sp³-hybridized carbons (Fsp3) is 0.348. The van der Waals surface area contributed by atoms with Gasteiger partial charge < -0.3 is 35.6 Å². The van der Waals surface area contributed by atoms with Crippen molar-refractivity contribution in [2.45, 2.75) is 31.5 Å². The summed E-state index contributed by atoms with van der Waals surface area (Å²) in [6.07, 6.45) is -2.14. The highest BCUT2D eigenvalue weighted by Crippen LogP contribution is 2.56. The zero-order valence-electron chi connectivity index (χ0n) is 16.7. The Labute approximate surface area is 178 Å². The number of carbonyl (C=O) groups excluding carboxylic acids is 1. The van der Waals surface area contributed by atoms with Crippen molar-refractivity contribution in [1.82, 2.24) is 5.32 Å². The third-order valence-corrected chi connectivity index (χ3v) is 6.69. The maximum absolute atomic E-state index is 11.9. The van der Waals surface area contributed by atoms with Gasteiger partial charge in [0.2, 0.25) is 0 Å². The second-order valence-corrected chi connectivity index (χ2v) is 8.39. The van der Waals surface area contributed by atoms with Gasteiger partial charge in [0, 0.05) is 12.1 Å². The van der Waals surface area contributed by atoms with Crippen molar-refractivity contribution in [3.05, 3.63) is 70.2 Å². The van der Waals surface area contributed by atoms with Crippen LogP contribution >= 0.6 is 0 Å². The molecular formula is C23H23NO7. The van der Waals surface area contributed by atoms with Crippen LogP contribution in [0, 0.1) is 18.8 Å². The molecule has 1 saturated heterocycles. The minimum atomic E-state index is -1.94. The van der Waals surface area contributed by atoms with Gasteiger partial charge in [-0.25, -0.2) is 0 Å². The van der Waals surface area contributed by atoms with Crippen molar-refractivity contribution in [3.63, 3.8) is 0 Å². The predicted octanol–water partition coefficient (Wildman–Crippen LogP) is 1.59. The number of ether oxygens (including phenoxy) is 1. The van der Waals surface area contributed by atoms with E-state index in [1.807, 2.05) is 37.3 Å². The standard InChI is InChI=1S/C23H23NO7/c1-10-6-11(12-2-3-13-8-24-22(29)15(13)7-12)4-5-14(10)18(26)21-17-20(28)19(27)16(9-25)23(17,30)31-21/h2-7,16-18,21,25-28,30H,8-9H2,1H3,(H,24,29)/t16?,17?,18-,21+,23?/m1/s1. The van der Waals surface area contributed by atoms with Crippen LogP contribution in [0.5, 0.6) is 0 Å². The minimum absolute atomic E-state index is 0.0934. The summed E-state index contributed by atoms with van der Waals surface area (Å²) < 4.78 is 5.48. The summed E-state index contributed by atoms with van der Waals surface area (Å²) in [5.74, 6) is -5.20. The Morgan fingerprint density at radius 3 is 2.58 bits per heavy atom.